The Kier molecular flexibility index (Phi) is 6.76. The van der Waals surface area contributed by atoms with Gasteiger partial charge in [0.25, 0.3) is 0 Å². The lowest BCUT2D eigenvalue weighted by Gasteiger charge is -2.25. The first-order chi connectivity index (χ1) is 17.8. The number of nitrogens with one attached hydrogen (secondary N) is 1. The molecule has 0 amide bonds. The predicted octanol–water partition coefficient (Wildman–Crippen LogP) is 3.87. The number of hydrogen-bond donors (Lipinski definition) is 2. The number of methoxy groups -OCH3 is 1. The maximum absolute atomic E-state index is 6.45. The van der Waals surface area contributed by atoms with E-state index in [-0.39, 0.29) is 5.41 Å². The van der Waals surface area contributed by atoms with Gasteiger partial charge in [-0.1, -0.05) is 12.8 Å². The molecule has 2 aliphatic rings. The first kappa shape index (κ1) is 25.0. The van der Waals surface area contributed by atoms with Crippen LogP contribution in [0.1, 0.15) is 37.1 Å². The van der Waals surface area contributed by atoms with Gasteiger partial charge in [0.15, 0.2) is 0 Å². The van der Waals surface area contributed by atoms with Crippen molar-refractivity contribution in [3.05, 3.63) is 42.0 Å². The van der Waals surface area contributed by atoms with Gasteiger partial charge in [0, 0.05) is 43.9 Å². The molecule has 0 unspecified atom stereocenters. The summed E-state index contributed by atoms with van der Waals surface area (Å²) in [4.78, 5) is 25.1. The monoisotopic (exact) mass is 503 g/mol. The van der Waals surface area contributed by atoms with Crippen LogP contribution in [0, 0.1) is 6.92 Å². The van der Waals surface area contributed by atoms with Gasteiger partial charge >= 0.3 is 0 Å². The van der Waals surface area contributed by atoms with Crippen LogP contribution in [0.25, 0.3) is 0 Å². The van der Waals surface area contributed by atoms with Gasteiger partial charge in [0.1, 0.15) is 12.1 Å². The minimum atomic E-state index is 0.0771. The van der Waals surface area contributed by atoms with Crippen molar-refractivity contribution in [3.63, 3.8) is 0 Å². The normalized spacial score (nSPS) is 15.9. The highest BCUT2D eigenvalue weighted by Crippen LogP contribution is 2.51. The van der Waals surface area contributed by atoms with E-state index in [1.165, 1.54) is 18.5 Å². The Morgan fingerprint density at radius 3 is 2.59 bits per heavy atom. The van der Waals surface area contributed by atoms with E-state index in [1.54, 1.807) is 13.4 Å². The Morgan fingerprint density at radius 1 is 1.08 bits per heavy atom. The molecule has 0 atom stereocenters. The molecule has 196 valence electrons. The number of benzene rings is 1. The summed E-state index contributed by atoms with van der Waals surface area (Å²) in [6.45, 7) is 4.66. The minimum absolute atomic E-state index is 0.0771. The number of likely N-dealkylation sites (N-methyl/N-ethyl adjacent to an activating group) is 2. The van der Waals surface area contributed by atoms with E-state index in [9.17, 15) is 0 Å². The Balaban J connectivity index is 1.42. The number of pyridine rings is 1. The summed E-state index contributed by atoms with van der Waals surface area (Å²) in [5, 5.41) is 3.30. The lowest BCUT2D eigenvalue weighted by molar-refractivity contribution is 0.413. The van der Waals surface area contributed by atoms with Gasteiger partial charge in [-0.15, -0.1) is 0 Å². The molecule has 3 heterocycles. The molecule has 1 aromatic carbocycles. The van der Waals surface area contributed by atoms with Crippen molar-refractivity contribution >= 4 is 34.6 Å². The van der Waals surface area contributed by atoms with Crippen molar-refractivity contribution in [2.24, 2.45) is 0 Å². The van der Waals surface area contributed by atoms with Gasteiger partial charge in [-0.2, -0.15) is 4.98 Å². The first-order valence-corrected chi connectivity index (χ1v) is 12.8. The fourth-order valence-electron chi connectivity index (χ4n) is 5.50. The van der Waals surface area contributed by atoms with Gasteiger partial charge < -0.3 is 30.5 Å². The molecule has 0 bridgehead atoms. The number of nitrogen functional groups attached to an aromatic ring is 1. The lowest BCUT2D eigenvalue weighted by Crippen LogP contribution is -2.30. The molecule has 3 aromatic rings. The molecule has 0 radical (unpaired) electrons. The number of hydrogen-bond acceptors (Lipinski definition) is 10. The number of fused-ring (bicyclic) bond motifs is 2. The number of nitrogens with zero attached hydrogens (tertiary/aromatic N) is 7. The second kappa shape index (κ2) is 10.0. The molecule has 3 N–H and O–H groups in total. The van der Waals surface area contributed by atoms with E-state index in [0.717, 1.165) is 49.5 Å². The van der Waals surface area contributed by atoms with Crippen LogP contribution in [0.2, 0.25) is 0 Å². The number of nitrogens with two attached hydrogens (primary N) is 1. The van der Waals surface area contributed by atoms with Crippen LogP contribution < -0.4 is 25.6 Å². The van der Waals surface area contributed by atoms with E-state index in [1.807, 2.05) is 19.2 Å². The van der Waals surface area contributed by atoms with Crippen molar-refractivity contribution in [3.8, 4) is 5.75 Å². The van der Waals surface area contributed by atoms with Crippen molar-refractivity contribution < 1.29 is 4.74 Å². The molecule has 10 nitrogen and oxygen atoms in total. The summed E-state index contributed by atoms with van der Waals surface area (Å²) in [6, 6.07) is 8.03. The average Bonchev–Trinajstić information content (AvgIpc) is 3.48. The van der Waals surface area contributed by atoms with Crippen molar-refractivity contribution in [1.82, 2.24) is 24.8 Å². The fraction of sp³-hybridized carbons (Fsp3) is 0.481. The second-order valence-electron chi connectivity index (χ2n) is 10.5. The molecule has 1 aliphatic carbocycles. The van der Waals surface area contributed by atoms with Gasteiger partial charge in [0.05, 0.1) is 35.6 Å². The molecule has 0 saturated heterocycles. The summed E-state index contributed by atoms with van der Waals surface area (Å²) >= 11 is 0. The number of aromatic nitrogens is 4. The smallest absolute Gasteiger partial charge is 0.234 e. The van der Waals surface area contributed by atoms with Gasteiger partial charge in [-0.25, -0.2) is 9.97 Å². The Morgan fingerprint density at radius 2 is 1.86 bits per heavy atom. The minimum Gasteiger partial charge on any atom is -0.494 e. The summed E-state index contributed by atoms with van der Waals surface area (Å²) in [5.74, 6) is 1.71. The summed E-state index contributed by atoms with van der Waals surface area (Å²) < 4.78 is 5.70. The summed E-state index contributed by atoms with van der Waals surface area (Å²) in [7, 11) is 7.79. The predicted molar refractivity (Wildman–Crippen MR) is 148 cm³/mol. The van der Waals surface area contributed by atoms with Crippen molar-refractivity contribution in [2.75, 3.05) is 68.7 Å². The number of ether oxygens (including phenoxy) is 1. The van der Waals surface area contributed by atoms with Gasteiger partial charge in [-0.05, 0) is 52.1 Å². The Hall–Kier alpha value is -3.66. The molecule has 37 heavy (non-hydrogen) atoms. The molecular weight excluding hydrogens is 466 g/mol. The van der Waals surface area contributed by atoms with Crippen LogP contribution in [0.4, 0.5) is 34.6 Å². The van der Waals surface area contributed by atoms with E-state index >= 15 is 0 Å². The lowest BCUT2D eigenvalue weighted by atomic mass is 9.84. The number of anilines is 6. The van der Waals surface area contributed by atoms with Gasteiger partial charge in [0.2, 0.25) is 11.9 Å². The third-order valence-corrected chi connectivity index (χ3v) is 7.52. The van der Waals surface area contributed by atoms with Gasteiger partial charge in [-0.3, -0.25) is 4.98 Å². The third-order valence-electron chi connectivity index (χ3n) is 7.52. The summed E-state index contributed by atoms with van der Waals surface area (Å²) in [5.41, 5.74) is 12.1. The van der Waals surface area contributed by atoms with Crippen LogP contribution >= 0.6 is 0 Å². The topological polar surface area (TPSA) is 109 Å². The largest absolute Gasteiger partial charge is 0.494 e. The molecule has 5 rings (SSSR count). The van der Waals surface area contributed by atoms with Crippen LogP contribution in [-0.2, 0) is 5.41 Å². The molecule has 1 saturated carbocycles. The summed E-state index contributed by atoms with van der Waals surface area (Å²) in [6.07, 6.45) is 6.30. The zero-order chi connectivity index (χ0) is 26.2. The average molecular weight is 504 g/mol. The highest BCUT2D eigenvalue weighted by atomic mass is 16.5. The Bertz CT molecular complexity index is 1270. The fourth-order valence-corrected chi connectivity index (χ4v) is 5.50. The zero-order valence-corrected chi connectivity index (χ0v) is 22.5. The maximum atomic E-state index is 6.45. The molecule has 1 fully saturated rings. The third kappa shape index (κ3) is 4.85. The number of rotatable bonds is 8. The van der Waals surface area contributed by atoms with E-state index in [2.05, 4.69) is 63.1 Å². The van der Waals surface area contributed by atoms with Crippen LogP contribution in [0.15, 0.2) is 30.6 Å². The molecule has 1 spiro atoms. The SMILES string of the molecule is COc1cc(N(C)CCN(C)C)c(N)cc1Nc1ncnc(N2CC3(CCCC3)c3nc(C)ccc32)n1. The van der Waals surface area contributed by atoms with E-state index < -0.39 is 0 Å². The second-order valence-corrected chi connectivity index (χ2v) is 10.5. The highest BCUT2D eigenvalue weighted by Gasteiger charge is 2.47. The molecular formula is C27H37N9O. The number of aryl methyl sites for hydroxylation is 1. The molecule has 2 aromatic heterocycles. The zero-order valence-electron chi connectivity index (χ0n) is 22.5. The molecule has 1 aliphatic heterocycles. The quantitative estimate of drug-likeness (QED) is 0.440. The van der Waals surface area contributed by atoms with Crippen molar-refractivity contribution in [2.45, 2.75) is 38.0 Å². The highest BCUT2D eigenvalue weighted by molar-refractivity contribution is 5.79. The first-order valence-electron chi connectivity index (χ1n) is 12.8. The van der Waals surface area contributed by atoms with Crippen LogP contribution in [0.3, 0.4) is 0 Å². The van der Waals surface area contributed by atoms with Crippen molar-refractivity contribution in [1.29, 1.82) is 0 Å². The standard InChI is InChI=1S/C27H37N9O/c1-18-8-9-21-24(31-18)27(10-6-7-11-27)16-36(21)26-30-17-29-25(33-26)32-20-14-19(28)22(15-23(20)37-5)35(4)13-12-34(2)3/h8-9,14-15,17H,6-7,10-13,16,28H2,1-5H3,(H,29,30,32,33). The van der Waals surface area contributed by atoms with Crippen LogP contribution in [-0.4, -0.2) is 72.7 Å². The van der Waals surface area contributed by atoms with E-state index in [0.29, 0.717) is 29.0 Å². The van der Waals surface area contributed by atoms with Crippen LogP contribution in [0.5, 0.6) is 5.75 Å². The Labute approximate surface area is 218 Å². The molecule has 10 heteroatoms. The maximum Gasteiger partial charge on any atom is 0.234 e. The van der Waals surface area contributed by atoms with E-state index in [4.69, 9.17) is 20.4 Å².